The fraction of sp³-hybridized carbons (Fsp3) is 0.545. The van der Waals surface area contributed by atoms with E-state index in [1.54, 1.807) is 0 Å². The number of nitrogens with zero attached hydrogens (tertiary/aromatic N) is 3. The summed E-state index contributed by atoms with van der Waals surface area (Å²) in [4.78, 5) is 13.3. The molecule has 1 aromatic heterocycles. The predicted octanol–water partition coefficient (Wildman–Crippen LogP) is 1.07. The molecule has 1 aliphatic heterocycles. The van der Waals surface area contributed by atoms with Gasteiger partial charge in [-0.15, -0.1) is 10.2 Å². The smallest absolute Gasteiger partial charge is 0.221 e. The van der Waals surface area contributed by atoms with Crippen molar-refractivity contribution >= 4 is 23.3 Å². The molecule has 1 aliphatic rings. The first kappa shape index (κ1) is 12.1. The zero-order valence-electron chi connectivity index (χ0n) is 9.96. The number of rotatable bonds is 1. The van der Waals surface area contributed by atoms with Crippen LogP contribution in [-0.2, 0) is 4.79 Å². The topological polar surface area (TPSA) is 58.1 Å². The molecule has 0 radical (unpaired) electrons. The van der Waals surface area contributed by atoms with E-state index >= 15 is 0 Å². The van der Waals surface area contributed by atoms with Crippen LogP contribution in [0.4, 0.5) is 5.82 Å². The molecule has 1 amide bonds. The summed E-state index contributed by atoms with van der Waals surface area (Å²) in [6, 6.07) is 0. The minimum Gasteiger partial charge on any atom is -0.354 e. The number of anilines is 1. The summed E-state index contributed by atoms with van der Waals surface area (Å²) in [5.41, 5.74) is 1.97. The Morgan fingerprint density at radius 2 is 2.00 bits per heavy atom. The number of nitrogens with one attached hydrogen (secondary N) is 1. The second-order valence-corrected chi connectivity index (χ2v) is 4.51. The van der Waals surface area contributed by atoms with E-state index in [-0.39, 0.29) is 5.91 Å². The summed E-state index contributed by atoms with van der Waals surface area (Å²) in [7, 11) is 0. The van der Waals surface area contributed by atoms with Crippen LogP contribution in [0.15, 0.2) is 0 Å². The number of halogens is 1. The maximum atomic E-state index is 11.3. The lowest BCUT2D eigenvalue weighted by Gasteiger charge is -2.22. The van der Waals surface area contributed by atoms with Crippen molar-refractivity contribution in [1.29, 1.82) is 0 Å². The summed E-state index contributed by atoms with van der Waals surface area (Å²) in [5.74, 6) is 0.909. The maximum absolute atomic E-state index is 11.3. The van der Waals surface area contributed by atoms with Gasteiger partial charge in [0.2, 0.25) is 5.91 Å². The maximum Gasteiger partial charge on any atom is 0.221 e. The lowest BCUT2D eigenvalue weighted by Crippen LogP contribution is -2.30. The van der Waals surface area contributed by atoms with Gasteiger partial charge in [-0.3, -0.25) is 4.79 Å². The Labute approximate surface area is 105 Å². The van der Waals surface area contributed by atoms with Gasteiger partial charge in [0.15, 0.2) is 11.0 Å². The SMILES string of the molecule is Cc1c(Cl)nnc(N2CCNC(=O)CC2)c1C. The van der Waals surface area contributed by atoms with Crippen LogP contribution in [-0.4, -0.2) is 35.7 Å². The van der Waals surface area contributed by atoms with E-state index in [1.807, 2.05) is 13.8 Å². The largest absolute Gasteiger partial charge is 0.354 e. The lowest BCUT2D eigenvalue weighted by molar-refractivity contribution is -0.120. The van der Waals surface area contributed by atoms with Gasteiger partial charge in [0.05, 0.1) is 0 Å². The molecule has 0 aliphatic carbocycles. The lowest BCUT2D eigenvalue weighted by atomic mass is 10.2. The molecule has 17 heavy (non-hydrogen) atoms. The Hall–Kier alpha value is -1.36. The first-order chi connectivity index (χ1) is 8.09. The molecular formula is C11H15ClN4O. The predicted molar refractivity (Wildman–Crippen MR) is 66.4 cm³/mol. The van der Waals surface area contributed by atoms with Crippen LogP contribution < -0.4 is 10.2 Å². The van der Waals surface area contributed by atoms with Crippen LogP contribution in [0, 0.1) is 13.8 Å². The van der Waals surface area contributed by atoms with Gasteiger partial charge in [-0.1, -0.05) is 11.6 Å². The molecule has 2 rings (SSSR count). The van der Waals surface area contributed by atoms with Crippen LogP contribution >= 0.6 is 11.6 Å². The molecule has 0 saturated carbocycles. The zero-order valence-corrected chi connectivity index (χ0v) is 10.7. The molecule has 0 aromatic carbocycles. The molecule has 0 bridgehead atoms. The second kappa shape index (κ2) is 4.87. The van der Waals surface area contributed by atoms with E-state index in [0.29, 0.717) is 24.7 Å². The third-order valence-electron chi connectivity index (χ3n) is 3.05. The number of hydrogen-bond donors (Lipinski definition) is 1. The average molecular weight is 255 g/mol. The highest BCUT2D eigenvalue weighted by atomic mass is 35.5. The first-order valence-electron chi connectivity index (χ1n) is 5.60. The third-order valence-corrected chi connectivity index (χ3v) is 3.41. The van der Waals surface area contributed by atoms with E-state index in [4.69, 9.17) is 11.6 Å². The highest BCUT2D eigenvalue weighted by Crippen LogP contribution is 2.23. The minimum atomic E-state index is 0.0868. The Morgan fingerprint density at radius 1 is 1.24 bits per heavy atom. The highest BCUT2D eigenvalue weighted by Gasteiger charge is 2.18. The van der Waals surface area contributed by atoms with Crippen molar-refractivity contribution in [2.24, 2.45) is 0 Å². The van der Waals surface area contributed by atoms with Crippen molar-refractivity contribution < 1.29 is 4.79 Å². The molecule has 2 heterocycles. The third kappa shape index (κ3) is 2.49. The Balaban J connectivity index is 2.27. The fourth-order valence-electron chi connectivity index (χ4n) is 1.84. The van der Waals surface area contributed by atoms with Gasteiger partial charge >= 0.3 is 0 Å². The van der Waals surface area contributed by atoms with E-state index in [2.05, 4.69) is 20.4 Å². The molecule has 1 N–H and O–H groups in total. The Bertz CT molecular complexity index is 449. The second-order valence-electron chi connectivity index (χ2n) is 4.15. The molecular weight excluding hydrogens is 240 g/mol. The van der Waals surface area contributed by atoms with Crippen molar-refractivity contribution in [3.63, 3.8) is 0 Å². The van der Waals surface area contributed by atoms with Gasteiger partial charge in [-0.05, 0) is 25.0 Å². The van der Waals surface area contributed by atoms with Gasteiger partial charge in [0, 0.05) is 26.1 Å². The van der Waals surface area contributed by atoms with Crippen molar-refractivity contribution in [3.8, 4) is 0 Å². The molecule has 0 atom stereocenters. The fourth-order valence-corrected chi connectivity index (χ4v) is 2.02. The summed E-state index contributed by atoms with van der Waals surface area (Å²) >= 11 is 5.92. The quantitative estimate of drug-likeness (QED) is 0.815. The summed E-state index contributed by atoms with van der Waals surface area (Å²) in [5, 5.41) is 11.3. The van der Waals surface area contributed by atoms with E-state index in [1.165, 1.54) is 0 Å². The van der Waals surface area contributed by atoms with E-state index < -0.39 is 0 Å². The molecule has 1 aromatic rings. The van der Waals surface area contributed by atoms with Crippen molar-refractivity contribution in [1.82, 2.24) is 15.5 Å². The van der Waals surface area contributed by atoms with Crippen molar-refractivity contribution in [2.75, 3.05) is 24.5 Å². The summed E-state index contributed by atoms with van der Waals surface area (Å²) in [6.45, 7) is 5.97. The van der Waals surface area contributed by atoms with Gasteiger partial charge in [0.25, 0.3) is 0 Å². The van der Waals surface area contributed by atoms with Crippen LogP contribution in [0.3, 0.4) is 0 Å². The number of carbonyl (C=O) groups is 1. The molecule has 1 saturated heterocycles. The molecule has 0 spiro atoms. The number of carbonyl (C=O) groups excluding carboxylic acids is 1. The van der Waals surface area contributed by atoms with Gasteiger partial charge in [-0.2, -0.15) is 0 Å². The van der Waals surface area contributed by atoms with E-state index in [0.717, 1.165) is 23.5 Å². The molecule has 1 fully saturated rings. The number of amides is 1. The van der Waals surface area contributed by atoms with Crippen LogP contribution in [0.5, 0.6) is 0 Å². The standard InChI is InChI=1S/C11H15ClN4O/c1-7-8(2)11(15-14-10(7)12)16-5-3-9(17)13-4-6-16/h3-6H2,1-2H3,(H,13,17). The van der Waals surface area contributed by atoms with Crippen LogP contribution in [0.2, 0.25) is 5.15 Å². The minimum absolute atomic E-state index is 0.0868. The van der Waals surface area contributed by atoms with Crippen molar-refractivity contribution in [3.05, 3.63) is 16.3 Å². The molecule has 92 valence electrons. The Morgan fingerprint density at radius 3 is 2.76 bits per heavy atom. The monoisotopic (exact) mass is 254 g/mol. The van der Waals surface area contributed by atoms with Crippen LogP contribution in [0.1, 0.15) is 17.5 Å². The average Bonchev–Trinajstić information content (AvgIpc) is 2.52. The van der Waals surface area contributed by atoms with Crippen molar-refractivity contribution in [2.45, 2.75) is 20.3 Å². The summed E-state index contributed by atoms with van der Waals surface area (Å²) < 4.78 is 0. The van der Waals surface area contributed by atoms with Gasteiger partial charge < -0.3 is 10.2 Å². The first-order valence-corrected chi connectivity index (χ1v) is 5.98. The normalized spacial score (nSPS) is 16.6. The molecule has 6 heteroatoms. The van der Waals surface area contributed by atoms with Gasteiger partial charge in [-0.25, -0.2) is 0 Å². The van der Waals surface area contributed by atoms with Gasteiger partial charge in [0.1, 0.15) is 0 Å². The number of hydrogen-bond acceptors (Lipinski definition) is 4. The number of aromatic nitrogens is 2. The van der Waals surface area contributed by atoms with E-state index in [9.17, 15) is 4.79 Å². The molecule has 5 nitrogen and oxygen atoms in total. The highest BCUT2D eigenvalue weighted by molar-refractivity contribution is 6.30. The Kier molecular flexibility index (Phi) is 3.47. The zero-order chi connectivity index (χ0) is 12.4. The van der Waals surface area contributed by atoms with Crippen LogP contribution in [0.25, 0.3) is 0 Å². The molecule has 0 unspecified atom stereocenters. The summed E-state index contributed by atoms with van der Waals surface area (Å²) in [6.07, 6.45) is 0.489.